The molecule has 1 aromatic rings. The smallest absolute Gasteiger partial charge is 0.263 e. The van der Waals surface area contributed by atoms with Crippen LogP contribution in [-0.2, 0) is 17.1 Å². The van der Waals surface area contributed by atoms with Crippen LogP contribution in [0.5, 0.6) is 0 Å². The number of rotatable bonds is 2. The minimum atomic E-state index is -3.60. The Morgan fingerprint density at radius 3 is 2.67 bits per heavy atom. The van der Waals surface area contributed by atoms with Crippen LogP contribution in [-0.4, -0.2) is 34.9 Å². The van der Waals surface area contributed by atoms with Crippen LogP contribution in [0, 0.1) is 11.8 Å². The summed E-state index contributed by atoms with van der Waals surface area (Å²) >= 11 is 6.11. The molecule has 1 aliphatic heterocycles. The molecule has 0 radical (unpaired) electrons. The molecule has 3 rings (SSSR count). The van der Waals surface area contributed by atoms with E-state index in [0.717, 1.165) is 25.7 Å². The Morgan fingerprint density at radius 2 is 2.00 bits per heavy atom. The molecular formula is C14H22ClN3O2S. The van der Waals surface area contributed by atoms with Gasteiger partial charge in [0.15, 0.2) is 0 Å². The van der Waals surface area contributed by atoms with Crippen molar-refractivity contribution in [1.29, 1.82) is 0 Å². The first kappa shape index (κ1) is 15.3. The van der Waals surface area contributed by atoms with Crippen LogP contribution >= 0.6 is 11.6 Å². The van der Waals surface area contributed by atoms with Crippen molar-refractivity contribution in [2.75, 3.05) is 6.54 Å². The molecule has 0 aromatic carbocycles. The highest BCUT2D eigenvalue weighted by molar-refractivity contribution is 7.89. The minimum absolute atomic E-state index is 0.00513. The Kier molecular flexibility index (Phi) is 4.05. The number of aryl methyl sites for hydroxylation is 1. The Labute approximate surface area is 131 Å². The van der Waals surface area contributed by atoms with Crippen molar-refractivity contribution in [3.63, 3.8) is 0 Å². The maximum Gasteiger partial charge on any atom is 0.263 e. The molecule has 3 atom stereocenters. The first-order chi connectivity index (χ1) is 9.93. The molecule has 7 heteroatoms. The standard InChI is InChI=1S/C14H22ClN3O2S/c1-10-7-8-18(12-6-4-3-5-11(10)12)21(19,20)14-13(15)17(2)9-16-14/h9-12H,3-8H2,1-2H3/t10-,11-,12-/m1/s1. The summed E-state index contributed by atoms with van der Waals surface area (Å²) in [6.45, 7) is 2.83. The number of nitrogens with zero attached hydrogens (tertiary/aromatic N) is 3. The maximum absolute atomic E-state index is 12.9. The molecule has 0 spiro atoms. The van der Waals surface area contributed by atoms with E-state index in [9.17, 15) is 8.42 Å². The van der Waals surface area contributed by atoms with Crippen LogP contribution in [0.15, 0.2) is 11.4 Å². The summed E-state index contributed by atoms with van der Waals surface area (Å²) in [5, 5.41) is 0.200. The molecule has 2 fully saturated rings. The zero-order valence-corrected chi connectivity index (χ0v) is 14.1. The molecule has 0 N–H and O–H groups in total. The fourth-order valence-electron chi connectivity index (χ4n) is 3.85. The van der Waals surface area contributed by atoms with Crippen molar-refractivity contribution in [2.24, 2.45) is 18.9 Å². The predicted octanol–water partition coefficient (Wildman–Crippen LogP) is 2.66. The van der Waals surface area contributed by atoms with Gasteiger partial charge in [0, 0.05) is 19.6 Å². The number of imidazole rings is 1. The van der Waals surface area contributed by atoms with Gasteiger partial charge < -0.3 is 4.57 Å². The first-order valence-electron chi connectivity index (χ1n) is 7.61. The molecule has 5 nitrogen and oxygen atoms in total. The molecule has 1 aliphatic carbocycles. The zero-order valence-electron chi connectivity index (χ0n) is 12.5. The molecule has 0 amide bonds. The van der Waals surface area contributed by atoms with E-state index in [4.69, 9.17) is 11.6 Å². The normalized spacial score (nSPS) is 31.1. The van der Waals surface area contributed by atoms with Gasteiger partial charge in [0.05, 0.1) is 6.33 Å². The third kappa shape index (κ3) is 2.51. The lowest BCUT2D eigenvalue weighted by molar-refractivity contribution is 0.0825. The molecule has 118 valence electrons. The second kappa shape index (κ2) is 5.56. The number of halogens is 1. The summed E-state index contributed by atoms with van der Waals surface area (Å²) in [6, 6.07) is 0.116. The van der Waals surface area contributed by atoms with Gasteiger partial charge in [-0.3, -0.25) is 0 Å². The Morgan fingerprint density at radius 1 is 1.29 bits per heavy atom. The van der Waals surface area contributed by atoms with Crippen molar-refractivity contribution in [1.82, 2.24) is 13.9 Å². The highest BCUT2D eigenvalue weighted by Gasteiger charge is 2.44. The van der Waals surface area contributed by atoms with E-state index in [0.29, 0.717) is 18.4 Å². The fourth-order valence-corrected chi connectivity index (χ4v) is 5.96. The number of fused-ring (bicyclic) bond motifs is 1. The Bertz CT molecular complexity index is 628. The van der Waals surface area contributed by atoms with Gasteiger partial charge in [0.1, 0.15) is 5.15 Å². The number of hydrogen-bond acceptors (Lipinski definition) is 3. The molecule has 1 aromatic heterocycles. The molecule has 21 heavy (non-hydrogen) atoms. The summed E-state index contributed by atoms with van der Waals surface area (Å²) in [5.74, 6) is 1.07. The highest BCUT2D eigenvalue weighted by Crippen LogP contribution is 2.41. The second-order valence-electron chi connectivity index (χ2n) is 6.35. The van der Waals surface area contributed by atoms with Gasteiger partial charge in [-0.2, -0.15) is 4.31 Å². The van der Waals surface area contributed by atoms with Gasteiger partial charge >= 0.3 is 0 Å². The van der Waals surface area contributed by atoms with Crippen molar-refractivity contribution in [2.45, 2.75) is 50.1 Å². The third-order valence-corrected chi connectivity index (χ3v) is 7.49. The lowest BCUT2D eigenvalue weighted by atomic mass is 9.74. The van der Waals surface area contributed by atoms with Gasteiger partial charge in [-0.25, -0.2) is 13.4 Å². The van der Waals surface area contributed by atoms with E-state index in [1.165, 1.54) is 12.7 Å². The molecular weight excluding hydrogens is 310 g/mol. The average molecular weight is 332 g/mol. The van der Waals surface area contributed by atoms with E-state index in [1.807, 2.05) is 0 Å². The molecule has 0 unspecified atom stereocenters. The number of hydrogen-bond donors (Lipinski definition) is 0. The lowest BCUT2D eigenvalue weighted by Crippen LogP contribution is -2.52. The molecule has 2 heterocycles. The summed E-state index contributed by atoms with van der Waals surface area (Å²) in [6.07, 6.45) is 6.79. The van der Waals surface area contributed by atoms with Crippen LogP contribution in [0.1, 0.15) is 39.0 Å². The van der Waals surface area contributed by atoms with Crippen molar-refractivity contribution in [3.8, 4) is 0 Å². The SMILES string of the molecule is C[C@@H]1CCN(S(=O)(=O)c2ncn(C)c2Cl)[C@@H]2CCCC[C@H]12. The predicted molar refractivity (Wildman–Crippen MR) is 81.6 cm³/mol. The summed E-state index contributed by atoms with van der Waals surface area (Å²) < 4.78 is 29.1. The number of piperidine rings is 1. The van der Waals surface area contributed by atoms with Gasteiger partial charge in [-0.05, 0) is 31.1 Å². The first-order valence-corrected chi connectivity index (χ1v) is 9.43. The van der Waals surface area contributed by atoms with Gasteiger partial charge in [0.2, 0.25) is 5.03 Å². The van der Waals surface area contributed by atoms with Gasteiger partial charge in [-0.15, -0.1) is 0 Å². The summed E-state index contributed by atoms with van der Waals surface area (Å²) in [5.41, 5.74) is 0. The van der Waals surface area contributed by atoms with Crippen LogP contribution in [0.4, 0.5) is 0 Å². The van der Waals surface area contributed by atoms with Gasteiger partial charge in [-0.1, -0.05) is 31.4 Å². The van der Waals surface area contributed by atoms with E-state index < -0.39 is 10.0 Å². The Hall–Kier alpha value is -0.590. The number of sulfonamides is 1. The second-order valence-corrected chi connectivity index (χ2v) is 8.51. The zero-order chi connectivity index (χ0) is 15.2. The highest BCUT2D eigenvalue weighted by atomic mass is 35.5. The maximum atomic E-state index is 12.9. The number of aromatic nitrogens is 2. The quantitative estimate of drug-likeness (QED) is 0.837. The van der Waals surface area contributed by atoms with E-state index in [1.54, 1.807) is 15.9 Å². The average Bonchev–Trinajstić information content (AvgIpc) is 2.80. The van der Waals surface area contributed by atoms with E-state index in [2.05, 4.69) is 11.9 Å². The van der Waals surface area contributed by atoms with E-state index in [-0.39, 0.29) is 16.2 Å². The van der Waals surface area contributed by atoms with Crippen LogP contribution in [0.2, 0.25) is 5.15 Å². The topological polar surface area (TPSA) is 55.2 Å². The molecule has 0 bridgehead atoms. The van der Waals surface area contributed by atoms with Crippen molar-refractivity contribution in [3.05, 3.63) is 11.5 Å². The summed E-state index contributed by atoms with van der Waals surface area (Å²) in [7, 11) is -1.89. The van der Waals surface area contributed by atoms with Crippen molar-refractivity contribution >= 4 is 21.6 Å². The molecule has 2 aliphatic rings. The third-order valence-electron chi connectivity index (χ3n) is 5.07. The molecule has 1 saturated heterocycles. The Balaban J connectivity index is 1.96. The minimum Gasteiger partial charge on any atom is -0.324 e. The van der Waals surface area contributed by atoms with Crippen LogP contribution in [0.3, 0.4) is 0 Å². The monoisotopic (exact) mass is 331 g/mol. The largest absolute Gasteiger partial charge is 0.324 e. The van der Waals surface area contributed by atoms with Crippen molar-refractivity contribution < 1.29 is 8.42 Å². The summed E-state index contributed by atoms with van der Waals surface area (Å²) in [4.78, 5) is 4.02. The van der Waals surface area contributed by atoms with Gasteiger partial charge in [0.25, 0.3) is 10.0 Å². The van der Waals surface area contributed by atoms with E-state index >= 15 is 0 Å². The van der Waals surface area contributed by atoms with Crippen LogP contribution < -0.4 is 0 Å². The van der Waals surface area contributed by atoms with Crippen LogP contribution in [0.25, 0.3) is 0 Å². The lowest BCUT2D eigenvalue weighted by Gasteiger charge is -2.46. The molecule has 1 saturated carbocycles. The fraction of sp³-hybridized carbons (Fsp3) is 0.786.